The van der Waals surface area contributed by atoms with Crippen LogP contribution in [0.3, 0.4) is 0 Å². The third kappa shape index (κ3) is 4.63. The first kappa shape index (κ1) is 22.7. The Hall–Kier alpha value is -4.09. The predicted molar refractivity (Wildman–Crippen MR) is 120 cm³/mol. The molecule has 4 aromatic rings. The number of halogens is 2. The highest BCUT2D eigenvalue weighted by Gasteiger charge is 2.49. The molecule has 10 nitrogen and oxygen atoms in total. The molecule has 12 heteroatoms. The van der Waals surface area contributed by atoms with Crippen molar-refractivity contribution in [2.75, 3.05) is 12.0 Å². The van der Waals surface area contributed by atoms with Gasteiger partial charge in [0.1, 0.15) is 18.8 Å². The smallest absolute Gasteiger partial charge is 0.294 e. The van der Waals surface area contributed by atoms with E-state index < -0.39 is 17.9 Å². The molecule has 1 aromatic carbocycles. The standard InChI is InChI=1S/C23H22F2N8O2/c1-13-7-16(19-26-12-27-22(30-19)29-15-9-28-33(2)10-15)17(25)8-14(13)3-4-18(34)20-31-21(32-35-20)23(11-24)5-6-23/h7-10,12H,3-6,11H2,1-2H3,(H,26,27,29,30). The van der Waals surface area contributed by atoms with Crippen molar-refractivity contribution in [2.24, 2.45) is 7.05 Å². The maximum absolute atomic E-state index is 15.0. The second-order valence-corrected chi connectivity index (χ2v) is 8.68. The molecule has 0 atom stereocenters. The predicted octanol–water partition coefficient (Wildman–Crippen LogP) is 3.66. The first-order valence-corrected chi connectivity index (χ1v) is 11.0. The highest BCUT2D eigenvalue weighted by atomic mass is 19.1. The van der Waals surface area contributed by atoms with Crippen molar-refractivity contribution in [1.29, 1.82) is 0 Å². The van der Waals surface area contributed by atoms with E-state index in [1.54, 1.807) is 30.2 Å². The average Bonchev–Trinajstić information content (AvgIpc) is 3.28. The van der Waals surface area contributed by atoms with Crippen molar-refractivity contribution in [1.82, 2.24) is 34.9 Å². The van der Waals surface area contributed by atoms with E-state index in [1.165, 1.54) is 12.4 Å². The topological polar surface area (TPSA) is 125 Å². The van der Waals surface area contributed by atoms with Crippen LogP contribution in [0.2, 0.25) is 0 Å². The van der Waals surface area contributed by atoms with Crippen LogP contribution < -0.4 is 5.32 Å². The van der Waals surface area contributed by atoms with Gasteiger partial charge in [0, 0.05) is 19.7 Å². The quantitative estimate of drug-likeness (QED) is 0.357. The molecule has 3 aromatic heterocycles. The highest BCUT2D eigenvalue weighted by molar-refractivity contribution is 5.91. The summed E-state index contributed by atoms with van der Waals surface area (Å²) in [5, 5.41) is 10.8. The van der Waals surface area contributed by atoms with Gasteiger partial charge in [-0.05, 0) is 49.4 Å². The van der Waals surface area contributed by atoms with Crippen molar-refractivity contribution >= 4 is 17.4 Å². The lowest BCUT2D eigenvalue weighted by Gasteiger charge is -2.10. The summed E-state index contributed by atoms with van der Waals surface area (Å²) >= 11 is 0. The Labute approximate surface area is 198 Å². The van der Waals surface area contributed by atoms with Gasteiger partial charge in [0.15, 0.2) is 11.6 Å². The zero-order valence-electron chi connectivity index (χ0n) is 19.1. The van der Waals surface area contributed by atoms with E-state index in [0.29, 0.717) is 24.1 Å². The van der Waals surface area contributed by atoms with Gasteiger partial charge in [-0.15, -0.1) is 0 Å². The monoisotopic (exact) mass is 480 g/mol. The van der Waals surface area contributed by atoms with Gasteiger partial charge in [-0.3, -0.25) is 9.48 Å². The number of aromatic nitrogens is 7. The van der Waals surface area contributed by atoms with E-state index in [1.807, 2.05) is 6.92 Å². The second-order valence-electron chi connectivity index (χ2n) is 8.68. The molecule has 0 unspecified atom stereocenters. The average molecular weight is 480 g/mol. The van der Waals surface area contributed by atoms with Crippen LogP contribution in [-0.2, 0) is 18.9 Å². The molecule has 0 amide bonds. The fourth-order valence-corrected chi connectivity index (χ4v) is 3.74. The lowest BCUT2D eigenvalue weighted by atomic mass is 9.99. The molecule has 3 heterocycles. The van der Waals surface area contributed by atoms with Crippen molar-refractivity contribution < 1.29 is 18.1 Å². The fourth-order valence-electron chi connectivity index (χ4n) is 3.74. The fraction of sp³-hybridized carbons (Fsp3) is 0.348. The molecule has 1 aliphatic carbocycles. The minimum atomic E-state index is -0.694. The van der Waals surface area contributed by atoms with E-state index >= 15 is 4.39 Å². The van der Waals surface area contributed by atoms with Gasteiger partial charge in [-0.2, -0.15) is 15.1 Å². The zero-order chi connectivity index (χ0) is 24.6. The van der Waals surface area contributed by atoms with E-state index in [4.69, 9.17) is 4.52 Å². The SMILES string of the molecule is Cc1cc(-c2ncnc(Nc3cnn(C)c3)n2)c(F)cc1CCC(=O)c1nc(C2(CF)CC2)no1. The van der Waals surface area contributed by atoms with E-state index in [-0.39, 0.29) is 47.7 Å². The summed E-state index contributed by atoms with van der Waals surface area (Å²) in [5.41, 5.74) is 1.64. The lowest BCUT2D eigenvalue weighted by Crippen LogP contribution is -2.11. The molecule has 0 spiro atoms. The Morgan fingerprint density at radius 2 is 2.09 bits per heavy atom. The number of ketones is 1. The molecular weight excluding hydrogens is 458 g/mol. The van der Waals surface area contributed by atoms with Gasteiger partial charge in [0.2, 0.25) is 11.7 Å². The van der Waals surface area contributed by atoms with Crippen molar-refractivity contribution in [2.45, 2.75) is 38.0 Å². The highest BCUT2D eigenvalue weighted by Crippen LogP contribution is 2.47. The largest absolute Gasteiger partial charge is 0.331 e. The molecule has 0 bridgehead atoms. The summed E-state index contributed by atoms with van der Waals surface area (Å²) in [5.74, 6) is -0.358. The number of nitrogens with one attached hydrogen (secondary N) is 1. The molecule has 5 rings (SSSR count). The number of anilines is 2. The summed E-state index contributed by atoms with van der Waals surface area (Å²) in [4.78, 5) is 29.1. The zero-order valence-corrected chi connectivity index (χ0v) is 19.1. The van der Waals surface area contributed by atoms with E-state index in [9.17, 15) is 9.18 Å². The van der Waals surface area contributed by atoms with Gasteiger partial charge in [0.25, 0.3) is 5.89 Å². The number of carbonyl (C=O) groups excluding carboxylic acids is 1. The summed E-state index contributed by atoms with van der Waals surface area (Å²) in [6, 6.07) is 3.01. The normalized spacial score (nSPS) is 14.2. The van der Waals surface area contributed by atoms with Gasteiger partial charge >= 0.3 is 0 Å². The van der Waals surface area contributed by atoms with E-state index in [2.05, 4.69) is 35.5 Å². The Morgan fingerprint density at radius 3 is 2.80 bits per heavy atom. The van der Waals surface area contributed by atoms with Crippen LogP contribution in [0.5, 0.6) is 0 Å². The lowest BCUT2D eigenvalue weighted by molar-refractivity contribution is 0.0940. The second kappa shape index (κ2) is 8.93. The minimum Gasteiger partial charge on any atom is -0.331 e. The van der Waals surface area contributed by atoms with Crippen LogP contribution in [0.25, 0.3) is 11.4 Å². The van der Waals surface area contributed by atoms with Crippen LogP contribution in [-0.4, -0.2) is 47.3 Å². The Balaban J connectivity index is 1.28. The third-order valence-electron chi connectivity index (χ3n) is 6.07. The number of hydrogen-bond acceptors (Lipinski definition) is 9. The first-order chi connectivity index (χ1) is 16.9. The number of aryl methyl sites for hydroxylation is 3. The number of nitrogens with zero attached hydrogens (tertiary/aromatic N) is 7. The number of hydrogen-bond donors (Lipinski definition) is 1. The number of carbonyl (C=O) groups is 1. The van der Waals surface area contributed by atoms with Crippen LogP contribution in [0.1, 0.15) is 46.9 Å². The molecule has 0 aliphatic heterocycles. The number of rotatable bonds is 9. The van der Waals surface area contributed by atoms with Gasteiger partial charge < -0.3 is 9.84 Å². The maximum atomic E-state index is 15.0. The summed E-state index contributed by atoms with van der Waals surface area (Å²) in [7, 11) is 1.78. The van der Waals surface area contributed by atoms with Crippen molar-refractivity contribution in [3.05, 3.63) is 59.5 Å². The number of benzene rings is 1. The Kier molecular flexibility index (Phi) is 5.79. The summed E-state index contributed by atoms with van der Waals surface area (Å²) in [6.45, 7) is 1.24. The molecule has 35 heavy (non-hydrogen) atoms. The number of Topliss-reactive ketones (excluding diaryl/α,β-unsaturated/α-hetero) is 1. The number of alkyl halides is 1. The van der Waals surface area contributed by atoms with Crippen LogP contribution in [0.4, 0.5) is 20.4 Å². The van der Waals surface area contributed by atoms with Crippen molar-refractivity contribution in [3.8, 4) is 11.4 Å². The summed E-state index contributed by atoms with van der Waals surface area (Å²) < 4.78 is 34.9. The molecule has 180 valence electrons. The molecular formula is C23H22F2N8O2. The minimum absolute atomic E-state index is 0.0504. The van der Waals surface area contributed by atoms with Crippen LogP contribution in [0, 0.1) is 12.7 Å². The van der Waals surface area contributed by atoms with Gasteiger partial charge in [-0.25, -0.2) is 18.7 Å². The molecule has 0 saturated heterocycles. The van der Waals surface area contributed by atoms with Gasteiger partial charge in [0.05, 0.1) is 22.9 Å². The molecule has 1 fully saturated rings. The van der Waals surface area contributed by atoms with Crippen LogP contribution >= 0.6 is 0 Å². The van der Waals surface area contributed by atoms with Crippen LogP contribution in [0.15, 0.2) is 35.4 Å². The maximum Gasteiger partial charge on any atom is 0.294 e. The van der Waals surface area contributed by atoms with Gasteiger partial charge in [-0.1, -0.05) is 5.16 Å². The van der Waals surface area contributed by atoms with Crippen molar-refractivity contribution in [3.63, 3.8) is 0 Å². The summed E-state index contributed by atoms with van der Waals surface area (Å²) in [6.07, 6.45) is 6.28. The Morgan fingerprint density at radius 1 is 1.26 bits per heavy atom. The molecule has 1 aliphatic rings. The van der Waals surface area contributed by atoms with E-state index in [0.717, 1.165) is 5.56 Å². The molecule has 0 radical (unpaired) electrons. The first-order valence-electron chi connectivity index (χ1n) is 11.0. The molecule has 1 N–H and O–H groups in total. The molecule has 1 saturated carbocycles. The Bertz CT molecular complexity index is 1400. The third-order valence-corrected chi connectivity index (χ3v) is 6.07.